The zero-order chi connectivity index (χ0) is 16.6. The van der Waals surface area contributed by atoms with E-state index in [0.717, 1.165) is 25.5 Å². The van der Waals surface area contributed by atoms with Gasteiger partial charge in [0.25, 0.3) is 0 Å². The molecular weight excluding hydrogens is 318 g/mol. The zero-order valence-electron chi connectivity index (χ0n) is 13.9. The Morgan fingerprint density at radius 1 is 1.38 bits per heavy atom. The van der Waals surface area contributed by atoms with Crippen molar-refractivity contribution in [2.45, 2.75) is 31.8 Å². The minimum Gasteiger partial charge on any atom is -0.355 e. The summed E-state index contributed by atoms with van der Waals surface area (Å²) >= 11 is 1.73. The van der Waals surface area contributed by atoms with Crippen molar-refractivity contribution < 1.29 is 0 Å². The van der Waals surface area contributed by atoms with E-state index in [2.05, 4.69) is 32.9 Å². The van der Waals surface area contributed by atoms with Gasteiger partial charge in [-0.05, 0) is 43.9 Å². The SMILES string of the molecule is CN(Cc1nccs1)[C@H]1CC12CCN(c1ncccc1C#N)CC2. The molecule has 2 aromatic rings. The second-order valence-corrected chi connectivity index (χ2v) is 7.88. The molecule has 124 valence electrons. The molecule has 0 N–H and O–H groups in total. The predicted molar refractivity (Wildman–Crippen MR) is 94.8 cm³/mol. The van der Waals surface area contributed by atoms with Gasteiger partial charge in [-0.1, -0.05) is 0 Å². The maximum Gasteiger partial charge on any atom is 0.146 e. The largest absolute Gasteiger partial charge is 0.355 e. The number of hydrogen-bond donors (Lipinski definition) is 0. The van der Waals surface area contributed by atoms with E-state index < -0.39 is 0 Å². The number of pyridine rings is 1. The topological polar surface area (TPSA) is 56.1 Å². The molecule has 1 saturated carbocycles. The Hall–Kier alpha value is -1.97. The second kappa shape index (κ2) is 6.15. The molecule has 0 bridgehead atoms. The highest BCUT2D eigenvalue weighted by molar-refractivity contribution is 7.09. The number of nitrogens with zero attached hydrogens (tertiary/aromatic N) is 5. The van der Waals surface area contributed by atoms with E-state index in [-0.39, 0.29) is 0 Å². The first-order valence-electron chi connectivity index (χ1n) is 8.40. The van der Waals surface area contributed by atoms with Gasteiger partial charge >= 0.3 is 0 Å². The maximum atomic E-state index is 9.27. The Labute approximate surface area is 146 Å². The minimum absolute atomic E-state index is 0.462. The number of aromatic nitrogens is 2. The predicted octanol–water partition coefficient (Wildman–Crippen LogP) is 2.90. The molecule has 3 heterocycles. The van der Waals surface area contributed by atoms with Crippen molar-refractivity contribution in [2.24, 2.45) is 5.41 Å². The molecule has 0 unspecified atom stereocenters. The van der Waals surface area contributed by atoms with E-state index in [9.17, 15) is 5.26 Å². The van der Waals surface area contributed by atoms with Crippen molar-refractivity contribution in [3.05, 3.63) is 40.5 Å². The molecule has 1 aliphatic carbocycles. The first kappa shape index (κ1) is 15.6. The molecule has 6 heteroatoms. The van der Waals surface area contributed by atoms with Crippen molar-refractivity contribution in [2.75, 3.05) is 25.0 Å². The van der Waals surface area contributed by atoms with E-state index >= 15 is 0 Å². The average molecular weight is 339 g/mol. The van der Waals surface area contributed by atoms with Crippen LogP contribution in [0.1, 0.15) is 29.8 Å². The third-order valence-electron chi connectivity index (χ3n) is 5.51. The van der Waals surface area contributed by atoms with Crippen molar-refractivity contribution >= 4 is 17.2 Å². The zero-order valence-corrected chi connectivity index (χ0v) is 14.7. The lowest BCUT2D eigenvalue weighted by atomic mass is 9.92. The fourth-order valence-electron chi connectivity index (χ4n) is 4.04. The van der Waals surface area contributed by atoms with Crippen LogP contribution in [0.2, 0.25) is 0 Å². The molecule has 4 rings (SSSR count). The van der Waals surface area contributed by atoms with E-state index in [1.165, 1.54) is 24.3 Å². The molecule has 2 fully saturated rings. The number of hydrogen-bond acceptors (Lipinski definition) is 6. The van der Waals surface area contributed by atoms with Crippen LogP contribution in [0.5, 0.6) is 0 Å². The Morgan fingerprint density at radius 2 is 2.21 bits per heavy atom. The molecule has 24 heavy (non-hydrogen) atoms. The van der Waals surface area contributed by atoms with Gasteiger partial charge in [-0.15, -0.1) is 11.3 Å². The number of anilines is 1. The molecule has 1 aliphatic heterocycles. The van der Waals surface area contributed by atoms with Crippen LogP contribution in [0, 0.1) is 16.7 Å². The van der Waals surface area contributed by atoms with Gasteiger partial charge in [-0.25, -0.2) is 9.97 Å². The van der Waals surface area contributed by atoms with Gasteiger partial charge in [0.2, 0.25) is 0 Å². The van der Waals surface area contributed by atoms with Crippen LogP contribution in [0.3, 0.4) is 0 Å². The van der Waals surface area contributed by atoms with Gasteiger partial charge in [0, 0.05) is 36.9 Å². The van der Waals surface area contributed by atoms with Crippen LogP contribution in [0.25, 0.3) is 0 Å². The molecule has 0 radical (unpaired) electrons. The highest BCUT2D eigenvalue weighted by Crippen LogP contribution is 2.56. The third kappa shape index (κ3) is 2.79. The molecule has 0 amide bonds. The Balaban J connectivity index is 1.38. The maximum absolute atomic E-state index is 9.27. The van der Waals surface area contributed by atoms with Crippen LogP contribution in [0.15, 0.2) is 29.9 Å². The van der Waals surface area contributed by atoms with Gasteiger partial charge in [-0.2, -0.15) is 5.26 Å². The van der Waals surface area contributed by atoms with Crippen molar-refractivity contribution in [1.82, 2.24) is 14.9 Å². The summed E-state index contributed by atoms with van der Waals surface area (Å²) in [4.78, 5) is 13.6. The van der Waals surface area contributed by atoms with Crippen molar-refractivity contribution in [1.29, 1.82) is 5.26 Å². The van der Waals surface area contributed by atoms with E-state index in [1.807, 2.05) is 23.7 Å². The lowest BCUT2D eigenvalue weighted by Crippen LogP contribution is -2.38. The monoisotopic (exact) mass is 339 g/mol. The highest BCUT2D eigenvalue weighted by atomic mass is 32.1. The van der Waals surface area contributed by atoms with Crippen LogP contribution in [0.4, 0.5) is 5.82 Å². The van der Waals surface area contributed by atoms with Gasteiger partial charge in [0.15, 0.2) is 0 Å². The van der Waals surface area contributed by atoms with E-state index in [0.29, 0.717) is 17.0 Å². The summed E-state index contributed by atoms with van der Waals surface area (Å²) in [5.41, 5.74) is 1.14. The molecule has 2 aliphatic rings. The van der Waals surface area contributed by atoms with Crippen LogP contribution in [-0.4, -0.2) is 41.0 Å². The number of thiazole rings is 1. The summed E-state index contributed by atoms with van der Waals surface area (Å²) in [6.45, 7) is 2.94. The fraction of sp³-hybridized carbons (Fsp3) is 0.500. The van der Waals surface area contributed by atoms with Crippen molar-refractivity contribution in [3.63, 3.8) is 0 Å². The molecule has 1 spiro atoms. The lowest BCUT2D eigenvalue weighted by Gasteiger charge is -2.35. The first-order valence-corrected chi connectivity index (χ1v) is 9.28. The fourth-order valence-corrected chi connectivity index (χ4v) is 4.72. The van der Waals surface area contributed by atoms with Gasteiger partial charge in [0.05, 0.1) is 12.1 Å². The summed E-state index contributed by atoms with van der Waals surface area (Å²) in [5, 5.41) is 12.5. The summed E-state index contributed by atoms with van der Waals surface area (Å²) in [6, 6.07) is 6.62. The highest BCUT2D eigenvalue weighted by Gasteiger charge is 2.56. The number of rotatable bonds is 4. The smallest absolute Gasteiger partial charge is 0.146 e. The standard InChI is InChI=1S/C18H21N5S/c1-22(13-16-20-7-10-24-16)15-11-18(15)4-8-23(9-5-18)17-14(12-19)3-2-6-21-17/h2-3,6-7,10,15H,4-5,8-9,11,13H2,1H3/t15-/m0/s1. The summed E-state index contributed by atoms with van der Waals surface area (Å²) < 4.78 is 0. The van der Waals surface area contributed by atoms with Gasteiger partial charge in [0.1, 0.15) is 16.9 Å². The summed E-state index contributed by atoms with van der Waals surface area (Å²) in [7, 11) is 2.22. The van der Waals surface area contributed by atoms with Gasteiger partial charge < -0.3 is 4.90 Å². The second-order valence-electron chi connectivity index (χ2n) is 6.90. The van der Waals surface area contributed by atoms with Crippen molar-refractivity contribution in [3.8, 4) is 6.07 Å². The molecular formula is C18H21N5S. The first-order chi connectivity index (χ1) is 11.7. The Bertz CT molecular complexity index is 743. The Kier molecular flexibility index (Phi) is 3.99. The minimum atomic E-state index is 0.462. The number of piperidine rings is 1. The Morgan fingerprint density at radius 3 is 2.92 bits per heavy atom. The molecule has 5 nitrogen and oxygen atoms in total. The quantitative estimate of drug-likeness (QED) is 0.857. The van der Waals surface area contributed by atoms with E-state index in [1.54, 1.807) is 17.5 Å². The van der Waals surface area contributed by atoms with Gasteiger partial charge in [-0.3, -0.25) is 4.90 Å². The molecule has 1 saturated heterocycles. The van der Waals surface area contributed by atoms with Crippen LogP contribution < -0.4 is 4.90 Å². The summed E-state index contributed by atoms with van der Waals surface area (Å²) in [6.07, 6.45) is 7.32. The van der Waals surface area contributed by atoms with Crippen LogP contribution in [-0.2, 0) is 6.54 Å². The molecule has 1 atom stereocenters. The molecule has 2 aromatic heterocycles. The lowest BCUT2D eigenvalue weighted by molar-refractivity contribution is 0.238. The summed E-state index contributed by atoms with van der Waals surface area (Å²) in [5.74, 6) is 0.850. The molecule has 0 aromatic carbocycles. The third-order valence-corrected chi connectivity index (χ3v) is 6.28. The van der Waals surface area contributed by atoms with E-state index in [4.69, 9.17) is 0 Å². The number of nitriles is 1. The average Bonchev–Trinajstić information content (AvgIpc) is 3.07. The normalized spacial score (nSPS) is 21.9. The van der Waals surface area contributed by atoms with Crippen LogP contribution >= 0.6 is 11.3 Å².